The average Bonchev–Trinajstić information content (AvgIpc) is 2.45. The van der Waals surface area contributed by atoms with Gasteiger partial charge in [0.05, 0.1) is 7.11 Å². The molecule has 1 atom stereocenters. The van der Waals surface area contributed by atoms with Crippen LogP contribution in [0.2, 0.25) is 0 Å². The minimum atomic E-state index is -2.33. The molecule has 0 unspecified atom stereocenters. The zero-order chi connectivity index (χ0) is 14.5. The topological polar surface area (TPSA) is 24.5 Å². The SMILES string of the molecule is COc1ccc(Br)cc1[C@@H](CC(F)F)N1CCNCC1.Cl. The molecule has 0 saturated carbocycles. The quantitative estimate of drug-likeness (QED) is 0.840. The van der Waals surface area contributed by atoms with E-state index in [0.29, 0.717) is 5.75 Å². The molecule has 1 aromatic carbocycles. The Bertz CT molecular complexity index is 445. The zero-order valence-electron chi connectivity index (χ0n) is 11.8. The van der Waals surface area contributed by atoms with E-state index in [4.69, 9.17) is 4.74 Å². The standard InChI is InChI=1S/C14H19BrF2N2O.ClH/c1-20-13-3-2-10(15)8-11(13)12(9-14(16)17)19-6-4-18-5-7-19;/h2-3,8,12,14,18H,4-7,9H2,1H3;1H/t12-;/m1./s1. The maximum atomic E-state index is 13.0. The van der Waals surface area contributed by atoms with Gasteiger partial charge < -0.3 is 10.1 Å². The van der Waals surface area contributed by atoms with E-state index in [2.05, 4.69) is 26.1 Å². The molecule has 1 aliphatic heterocycles. The van der Waals surface area contributed by atoms with Crippen molar-refractivity contribution in [3.63, 3.8) is 0 Å². The molecule has 1 aliphatic rings. The number of alkyl halides is 2. The molecule has 1 fully saturated rings. The van der Waals surface area contributed by atoms with E-state index in [1.54, 1.807) is 7.11 Å². The van der Waals surface area contributed by atoms with Gasteiger partial charge in [0.1, 0.15) is 5.75 Å². The maximum absolute atomic E-state index is 13.0. The molecule has 0 amide bonds. The van der Waals surface area contributed by atoms with Crippen LogP contribution >= 0.6 is 28.3 Å². The molecular formula is C14H20BrClF2N2O. The number of hydrogen-bond acceptors (Lipinski definition) is 3. The van der Waals surface area contributed by atoms with Crippen molar-refractivity contribution >= 4 is 28.3 Å². The van der Waals surface area contributed by atoms with Crippen molar-refractivity contribution in [2.75, 3.05) is 33.3 Å². The Morgan fingerprint density at radius 2 is 2.00 bits per heavy atom. The normalized spacial score (nSPS) is 17.4. The highest BCUT2D eigenvalue weighted by atomic mass is 79.9. The van der Waals surface area contributed by atoms with E-state index in [1.165, 1.54) is 0 Å². The number of hydrogen-bond donors (Lipinski definition) is 1. The van der Waals surface area contributed by atoms with E-state index in [1.807, 2.05) is 18.2 Å². The van der Waals surface area contributed by atoms with Gasteiger partial charge in [-0.25, -0.2) is 8.78 Å². The van der Waals surface area contributed by atoms with Crippen molar-refractivity contribution in [1.82, 2.24) is 10.2 Å². The van der Waals surface area contributed by atoms with E-state index < -0.39 is 6.43 Å². The second kappa shape index (κ2) is 8.88. The summed E-state index contributed by atoms with van der Waals surface area (Å²) >= 11 is 3.41. The third kappa shape index (κ3) is 5.06. The molecule has 1 N–H and O–H groups in total. The van der Waals surface area contributed by atoms with Gasteiger partial charge >= 0.3 is 0 Å². The Morgan fingerprint density at radius 1 is 1.33 bits per heavy atom. The third-order valence-corrected chi connectivity index (χ3v) is 4.04. The van der Waals surface area contributed by atoms with Gasteiger partial charge in [-0.05, 0) is 18.2 Å². The van der Waals surface area contributed by atoms with Crippen LogP contribution in [0.15, 0.2) is 22.7 Å². The van der Waals surface area contributed by atoms with Crippen LogP contribution in [0.1, 0.15) is 18.0 Å². The predicted molar refractivity (Wildman–Crippen MR) is 85.7 cm³/mol. The van der Waals surface area contributed by atoms with Gasteiger partial charge in [0.15, 0.2) is 0 Å². The van der Waals surface area contributed by atoms with Crippen molar-refractivity contribution in [2.45, 2.75) is 18.9 Å². The zero-order valence-corrected chi connectivity index (χ0v) is 14.2. The highest BCUT2D eigenvalue weighted by molar-refractivity contribution is 9.10. The maximum Gasteiger partial charge on any atom is 0.240 e. The summed E-state index contributed by atoms with van der Waals surface area (Å²) in [5.41, 5.74) is 0.823. The fourth-order valence-electron chi connectivity index (χ4n) is 2.60. The van der Waals surface area contributed by atoms with E-state index in [9.17, 15) is 8.78 Å². The van der Waals surface area contributed by atoms with Gasteiger partial charge in [-0.1, -0.05) is 15.9 Å². The van der Waals surface area contributed by atoms with Gasteiger partial charge in [-0.3, -0.25) is 4.90 Å². The first kappa shape index (κ1) is 18.6. The van der Waals surface area contributed by atoms with Gasteiger partial charge in [0.25, 0.3) is 0 Å². The van der Waals surface area contributed by atoms with Crippen LogP contribution in [0, 0.1) is 0 Å². The molecule has 0 aromatic heterocycles. The number of halogens is 4. The summed E-state index contributed by atoms with van der Waals surface area (Å²) in [6.07, 6.45) is -2.51. The highest BCUT2D eigenvalue weighted by Gasteiger charge is 2.27. The molecule has 2 rings (SSSR count). The molecule has 1 aromatic rings. The summed E-state index contributed by atoms with van der Waals surface area (Å²) in [6.45, 7) is 3.20. The minimum Gasteiger partial charge on any atom is -0.496 e. The van der Waals surface area contributed by atoms with E-state index in [0.717, 1.165) is 36.2 Å². The molecular weight excluding hydrogens is 366 g/mol. The number of piperazine rings is 1. The first-order chi connectivity index (χ1) is 9.61. The number of ether oxygens (including phenoxy) is 1. The monoisotopic (exact) mass is 384 g/mol. The van der Waals surface area contributed by atoms with Gasteiger partial charge in [-0.2, -0.15) is 0 Å². The van der Waals surface area contributed by atoms with Gasteiger partial charge in [0.2, 0.25) is 6.43 Å². The molecule has 3 nitrogen and oxygen atoms in total. The molecule has 1 saturated heterocycles. The van der Waals surface area contributed by atoms with Crippen LogP contribution in [0.3, 0.4) is 0 Å². The van der Waals surface area contributed by atoms with Crippen molar-refractivity contribution in [3.8, 4) is 5.75 Å². The largest absolute Gasteiger partial charge is 0.496 e. The summed E-state index contributed by atoms with van der Waals surface area (Å²) < 4.78 is 32.2. The summed E-state index contributed by atoms with van der Waals surface area (Å²) in [4.78, 5) is 2.10. The summed E-state index contributed by atoms with van der Waals surface area (Å²) in [5, 5.41) is 3.24. The lowest BCUT2D eigenvalue weighted by Crippen LogP contribution is -2.45. The number of nitrogens with zero attached hydrogens (tertiary/aromatic N) is 1. The fourth-order valence-corrected chi connectivity index (χ4v) is 2.98. The Labute approximate surface area is 138 Å². The number of benzene rings is 1. The van der Waals surface area contributed by atoms with Crippen molar-refractivity contribution in [3.05, 3.63) is 28.2 Å². The van der Waals surface area contributed by atoms with Crippen molar-refractivity contribution < 1.29 is 13.5 Å². The Balaban J connectivity index is 0.00000220. The number of nitrogens with one attached hydrogen (secondary N) is 1. The lowest BCUT2D eigenvalue weighted by Gasteiger charge is -2.35. The van der Waals surface area contributed by atoms with Gasteiger partial charge in [0, 0.05) is 48.7 Å². The summed E-state index contributed by atoms with van der Waals surface area (Å²) in [5.74, 6) is 0.664. The minimum absolute atomic E-state index is 0. The lowest BCUT2D eigenvalue weighted by molar-refractivity contribution is 0.0729. The molecule has 120 valence electrons. The molecule has 21 heavy (non-hydrogen) atoms. The van der Waals surface area contributed by atoms with E-state index >= 15 is 0 Å². The third-order valence-electron chi connectivity index (χ3n) is 3.54. The molecule has 7 heteroatoms. The van der Waals surface area contributed by atoms with Crippen LogP contribution in [0.4, 0.5) is 8.78 Å². The van der Waals surface area contributed by atoms with Crippen LogP contribution in [-0.2, 0) is 0 Å². The molecule has 1 heterocycles. The lowest BCUT2D eigenvalue weighted by atomic mass is 10.00. The Morgan fingerprint density at radius 3 is 2.57 bits per heavy atom. The van der Waals surface area contributed by atoms with E-state index in [-0.39, 0.29) is 24.9 Å². The number of methoxy groups -OCH3 is 1. The first-order valence-corrected chi connectivity index (χ1v) is 7.47. The molecule has 0 radical (unpaired) electrons. The van der Waals surface area contributed by atoms with Gasteiger partial charge in [-0.15, -0.1) is 12.4 Å². The second-order valence-corrected chi connectivity index (χ2v) is 5.73. The summed E-state index contributed by atoms with van der Waals surface area (Å²) in [7, 11) is 1.57. The molecule has 0 aliphatic carbocycles. The Kier molecular flexibility index (Phi) is 7.87. The molecule has 0 bridgehead atoms. The second-order valence-electron chi connectivity index (χ2n) is 4.81. The van der Waals surface area contributed by atoms with Crippen LogP contribution in [0.25, 0.3) is 0 Å². The first-order valence-electron chi connectivity index (χ1n) is 6.68. The smallest absolute Gasteiger partial charge is 0.240 e. The summed E-state index contributed by atoms with van der Waals surface area (Å²) in [6, 6.07) is 5.25. The average molecular weight is 386 g/mol. The molecule has 0 spiro atoms. The van der Waals surface area contributed by atoms with Crippen molar-refractivity contribution in [2.24, 2.45) is 0 Å². The number of rotatable bonds is 5. The van der Waals surface area contributed by atoms with Crippen LogP contribution in [0.5, 0.6) is 5.75 Å². The Hall–Kier alpha value is -0.430. The highest BCUT2D eigenvalue weighted by Crippen LogP contribution is 2.35. The fraction of sp³-hybridized carbons (Fsp3) is 0.571. The predicted octanol–water partition coefficient (Wildman–Crippen LogP) is 3.48. The van der Waals surface area contributed by atoms with Crippen LogP contribution < -0.4 is 10.1 Å². The van der Waals surface area contributed by atoms with Crippen LogP contribution in [-0.4, -0.2) is 44.6 Å². The van der Waals surface area contributed by atoms with Crippen molar-refractivity contribution in [1.29, 1.82) is 0 Å².